The van der Waals surface area contributed by atoms with Gasteiger partial charge in [0.1, 0.15) is 11.6 Å². The minimum Gasteiger partial charge on any atom is -0.497 e. The van der Waals surface area contributed by atoms with E-state index in [9.17, 15) is 4.39 Å². The lowest BCUT2D eigenvalue weighted by Gasteiger charge is -2.26. The topological polar surface area (TPSA) is 48.9 Å². The van der Waals surface area contributed by atoms with Crippen LogP contribution in [0.25, 0.3) is 0 Å². The molecule has 0 aliphatic rings. The van der Waals surface area contributed by atoms with Gasteiger partial charge < -0.3 is 20.3 Å². The summed E-state index contributed by atoms with van der Waals surface area (Å²) in [6, 6.07) is 14.8. The molecule has 7 heteroatoms. The molecule has 2 aromatic rings. The molecule has 0 heterocycles. The van der Waals surface area contributed by atoms with Gasteiger partial charge in [0, 0.05) is 20.1 Å². The first kappa shape index (κ1) is 24.2. The van der Waals surface area contributed by atoms with Crippen LogP contribution in [0.1, 0.15) is 17.2 Å². The Morgan fingerprint density at radius 3 is 2.46 bits per heavy atom. The standard InChI is InChI=1S/C21H29FN4O.HI/c1-23-21(24-13-12-16-8-10-18(22)11-9-16)25-15-20(26(2)3)17-6-5-7-19(14-17)27-4;/h5-11,14,20H,12-13,15H2,1-4H3,(H2,23,24,25);1H. The van der Waals surface area contributed by atoms with Crippen LogP contribution in [0.3, 0.4) is 0 Å². The molecular weight excluding hydrogens is 470 g/mol. The number of guanidine groups is 1. The van der Waals surface area contributed by atoms with Gasteiger partial charge in [0.05, 0.1) is 13.2 Å². The number of benzene rings is 2. The molecule has 0 spiro atoms. The van der Waals surface area contributed by atoms with Crippen LogP contribution in [0, 0.1) is 5.82 Å². The second-order valence-electron chi connectivity index (χ2n) is 6.51. The molecule has 1 unspecified atom stereocenters. The quantitative estimate of drug-likeness (QED) is 0.331. The number of hydrogen-bond acceptors (Lipinski definition) is 3. The molecule has 0 bridgehead atoms. The van der Waals surface area contributed by atoms with Crippen molar-refractivity contribution in [3.05, 3.63) is 65.5 Å². The van der Waals surface area contributed by atoms with Crippen LogP contribution in [-0.2, 0) is 6.42 Å². The first-order chi connectivity index (χ1) is 13.0. The van der Waals surface area contributed by atoms with Gasteiger partial charge >= 0.3 is 0 Å². The minimum atomic E-state index is -0.212. The number of rotatable bonds is 8. The number of likely N-dealkylation sites (N-methyl/N-ethyl adjacent to an activating group) is 1. The number of nitrogens with one attached hydrogen (secondary N) is 2. The van der Waals surface area contributed by atoms with Crippen molar-refractivity contribution < 1.29 is 9.13 Å². The van der Waals surface area contributed by atoms with Crippen LogP contribution in [-0.4, -0.2) is 52.2 Å². The van der Waals surface area contributed by atoms with E-state index < -0.39 is 0 Å². The molecule has 2 N–H and O–H groups in total. The van der Waals surface area contributed by atoms with E-state index in [4.69, 9.17) is 4.74 Å². The van der Waals surface area contributed by atoms with Crippen molar-refractivity contribution in [2.24, 2.45) is 4.99 Å². The van der Waals surface area contributed by atoms with Crippen LogP contribution in [0.15, 0.2) is 53.5 Å². The fraction of sp³-hybridized carbons (Fsp3) is 0.381. The van der Waals surface area contributed by atoms with Crippen LogP contribution < -0.4 is 15.4 Å². The number of hydrogen-bond donors (Lipinski definition) is 2. The van der Waals surface area contributed by atoms with Crippen molar-refractivity contribution in [3.63, 3.8) is 0 Å². The van der Waals surface area contributed by atoms with Gasteiger partial charge in [0.2, 0.25) is 0 Å². The highest BCUT2D eigenvalue weighted by Crippen LogP contribution is 2.22. The fourth-order valence-corrected chi connectivity index (χ4v) is 2.84. The minimum absolute atomic E-state index is 0. The second-order valence-corrected chi connectivity index (χ2v) is 6.51. The Morgan fingerprint density at radius 1 is 1.14 bits per heavy atom. The maximum absolute atomic E-state index is 13.0. The molecule has 2 rings (SSSR count). The normalized spacial score (nSPS) is 12.3. The van der Waals surface area contributed by atoms with Crippen molar-refractivity contribution in [2.75, 3.05) is 41.3 Å². The van der Waals surface area contributed by atoms with Crippen molar-refractivity contribution in [1.82, 2.24) is 15.5 Å². The SMILES string of the molecule is CN=C(NCCc1ccc(F)cc1)NCC(c1cccc(OC)c1)N(C)C.I. The highest BCUT2D eigenvalue weighted by atomic mass is 127. The zero-order valence-corrected chi connectivity index (χ0v) is 19.2. The Morgan fingerprint density at radius 2 is 1.86 bits per heavy atom. The van der Waals surface area contributed by atoms with Gasteiger partial charge in [-0.3, -0.25) is 4.99 Å². The molecule has 0 amide bonds. The fourth-order valence-electron chi connectivity index (χ4n) is 2.84. The van der Waals surface area contributed by atoms with Gasteiger partial charge in [-0.05, 0) is 55.9 Å². The zero-order chi connectivity index (χ0) is 19.6. The van der Waals surface area contributed by atoms with E-state index in [0.29, 0.717) is 6.54 Å². The highest BCUT2D eigenvalue weighted by Gasteiger charge is 2.15. The molecule has 0 fully saturated rings. The van der Waals surface area contributed by atoms with Crippen molar-refractivity contribution in [3.8, 4) is 5.75 Å². The molecule has 0 saturated carbocycles. The third-order valence-corrected chi connectivity index (χ3v) is 4.41. The molecule has 0 aliphatic carbocycles. The van der Waals surface area contributed by atoms with Gasteiger partial charge in [-0.25, -0.2) is 4.39 Å². The van der Waals surface area contributed by atoms with E-state index in [1.54, 1.807) is 26.3 Å². The third kappa shape index (κ3) is 7.63. The van der Waals surface area contributed by atoms with Crippen LogP contribution in [0.5, 0.6) is 5.75 Å². The van der Waals surface area contributed by atoms with Crippen LogP contribution in [0.2, 0.25) is 0 Å². The highest BCUT2D eigenvalue weighted by molar-refractivity contribution is 14.0. The van der Waals surface area contributed by atoms with Crippen molar-refractivity contribution in [1.29, 1.82) is 0 Å². The predicted molar refractivity (Wildman–Crippen MR) is 124 cm³/mol. The molecule has 0 saturated heterocycles. The van der Waals surface area contributed by atoms with Crippen LogP contribution >= 0.6 is 24.0 Å². The van der Waals surface area contributed by atoms with Gasteiger partial charge in [-0.1, -0.05) is 24.3 Å². The second kappa shape index (κ2) is 12.6. The van der Waals surface area contributed by atoms with E-state index >= 15 is 0 Å². The summed E-state index contributed by atoms with van der Waals surface area (Å²) >= 11 is 0. The number of halogens is 2. The summed E-state index contributed by atoms with van der Waals surface area (Å²) in [4.78, 5) is 6.44. The largest absolute Gasteiger partial charge is 0.497 e. The average molecular weight is 500 g/mol. The van der Waals surface area contributed by atoms with Crippen LogP contribution in [0.4, 0.5) is 4.39 Å². The number of nitrogens with zero attached hydrogens (tertiary/aromatic N) is 2. The van der Waals surface area contributed by atoms with Gasteiger partial charge in [-0.15, -0.1) is 24.0 Å². The number of aliphatic imine (C=N–C) groups is 1. The lowest BCUT2D eigenvalue weighted by Crippen LogP contribution is -2.42. The summed E-state index contributed by atoms with van der Waals surface area (Å²) in [7, 11) is 7.53. The zero-order valence-electron chi connectivity index (χ0n) is 16.9. The Bertz CT molecular complexity index is 737. The lowest BCUT2D eigenvalue weighted by molar-refractivity contribution is 0.297. The first-order valence-electron chi connectivity index (χ1n) is 9.03. The summed E-state index contributed by atoms with van der Waals surface area (Å²) in [5.74, 6) is 1.38. The molecule has 154 valence electrons. The molecule has 1 atom stereocenters. The summed E-state index contributed by atoms with van der Waals surface area (Å²) in [6.07, 6.45) is 0.800. The summed E-state index contributed by atoms with van der Waals surface area (Å²) < 4.78 is 18.3. The van der Waals surface area contributed by atoms with Crippen molar-refractivity contribution >= 4 is 29.9 Å². The monoisotopic (exact) mass is 500 g/mol. The van der Waals surface area contributed by atoms with Gasteiger partial charge in [-0.2, -0.15) is 0 Å². The Balaban J connectivity index is 0.00000392. The molecular formula is C21H30FIN4O. The first-order valence-corrected chi connectivity index (χ1v) is 9.03. The van der Waals surface area contributed by atoms with Crippen molar-refractivity contribution in [2.45, 2.75) is 12.5 Å². The molecule has 5 nitrogen and oxygen atoms in total. The third-order valence-electron chi connectivity index (χ3n) is 4.41. The Hall–Kier alpha value is -1.87. The van der Waals surface area contributed by atoms with E-state index in [-0.39, 0.29) is 35.8 Å². The molecule has 0 aromatic heterocycles. The summed E-state index contributed by atoms with van der Waals surface area (Å²) in [5, 5.41) is 6.68. The molecule has 2 aromatic carbocycles. The smallest absolute Gasteiger partial charge is 0.191 e. The predicted octanol–water partition coefficient (Wildman–Crippen LogP) is 3.46. The molecule has 0 radical (unpaired) electrons. The number of ether oxygens (including phenoxy) is 1. The Labute approximate surface area is 184 Å². The van der Waals surface area contributed by atoms with E-state index in [1.165, 1.54) is 17.7 Å². The lowest BCUT2D eigenvalue weighted by atomic mass is 10.1. The van der Waals surface area contributed by atoms with Gasteiger partial charge in [0.25, 0.3) is 0 Å². The molecule has 0 aliphatic heterocycles. The number of methoxy groups -OCH3 is 1. The van der Waals surface area contributed by atoms with E-state index in [2.05, 4.69) is 46.8 Å². The maximum atomic E-state index is 13.0. The summed E-state index contributed by atoms with van der Waals surface area (Å²) in [6.45, 7) is 1.42. The Kier molecular flexibility index (Phi) is 10.8. The molecule has 28 heavy (non-hydrogen) atoms. The summed E-state index contributed by atoms with van der Waals surface area (Å²) in [5.41, 5.74) is 2.26. The van der Waals surface area contributed by atoms with E-state index in [0.717, 1.165) is 30.2 Å². The van der Waals surface area contributed by atoms with E-state index in [1.807, 2.05) is 12.1 Å². The van der Waals surface area contributed by atoms with Gasteiger partial charge in [0.15, 0.2) is 5.96 Å². The average Bonchev–Trinajstić information content (AvgIpc) is 2.68. The maximum Gasteiger partial charge on any atom is 0.191 e.